The molecule has 0 aliphatic carbocycles. The second-order valence-electron chi connectivity index (χ2n) is 2.98. The van der Waals surface area contributed by atoms with Crippen molar-refractivity contribution in [1.82, 2.24) is 0 Å². The van der Waals surface area contributed by atoms with Gasteiger partial charge >= 0.3 is 11.9 Å². The number of rotatable bonds is 4. The Labute approximate surface area is 95.6 Å². The Kier molecular flexibility index (Phi) is 5.94. The lowest BCUT2D eigenvalue weighted by Crippen LogP contribution is -2.38. The minimum atomic E-state index is -1.64. The Morgan fingerprint density at radius 2 is 1.75 bits per heavy atom. The first kappa shape index (κ1) is 14.2. The molecule has 0 fully saturated rings. The van der Waals surface area contributed by atoms with Crippen LogP contribution in [0.5, 0.6) is 0 Å². The fraction of sp³-hybridized carbons (Fsp3) is 0.500. The molecule has 0 aliphatic rings. The van der Waals surface area contributed by atoms with Gasteiger partial charge in [0.05, 0.1) is 14.2 Å². The highest BCUT2D eigenvalue weighted by Gasteiger charge is 2.44. The average molecular weight is 224 g/mol. The number of carbonyl (C=O) groups is 2. The highest BCUT2D eigenvalue weighted by atomic mass is 16.5. The summed E-state index contributed by atoms with van der Waals surface area (Å²) < 4.78 is 9.19. The molecule has 0 saturated heterocycles. The van der Waals surface area contributed by atoms with E-state index in [0.29, 0.717) is 6.42 Å². The number of hydrogen-bond acceptors (Lipinski definition) is 4. The monoisotopic (exact) mass is 224 g/mol. The van der Waals surface area contributed by atoms with Gasteiger partial charge in [0.15, 0.2) is 0 Å². The number of esters is 2. The molecule has 0 atom stereocenters. The maximum Gasteiger partial charge on any atom is 0.339 e. The third-order valence-electron chi connectivity index (χ3n) is 1.94. The lowest BCUT2D eigenvalue weighted by molar-refractivity contribution is -0.160. The van der Waals surface area contributed by atoms with Crippen LogP contribution in [0.2, 0.25) is 0 Å². The summed E-state index contributed by atoms with van der Waals surface area (Å²) in [4.78, 5) is 23.3. The quantitative estimate of drug-likeness (QED) is 0.313. The third-order valence-corrected chi connectivity index (χ3v) is 1.94. The summed E-state index contributed by atoms with van der Waals surface area (Å²) in [6, 6.07) is 0. The molecule has 0 spiro atoms. The minimum Gasteiger partial charge on any atom is -0.467 e. The van der Waals surface area contributed by atoms with Gasteiger partial charge in [-0.1, -0.05) is 18.9 Å². The Hall–Kier alpha value is -1.76. The van der Waals surface area contributed by atoms with Crippen LogP contribution < -0.4 is 0 Å². The van der Waals surface area contributed by atoms with E-state index in [-0.39, 0.29) is 0 Å². The highest BCUT2D eigenvalue weighted by molar-refractivity contribution is 6.05. The lowest BCUT2D eigenvalue weighted by Gasteiger charge is -2.18. The normalized spacial score (nSPS) is 10.5. The molecule has 0 rings (SSSR count). The fourth-order valence-electron chi connectivity index (χ4n) is 1.18. The number of carbonyl (C=O) groups excluding carboxylic acids is 2. The molecule has 16 heavy (non-hydrogen) atoms. The summed E-state index contributed by atoms with van der Waals surface area (Å²) in [6.07, 6.45) is 3.78. The number of allylic oxidation sites excluding steroid dienone is 1. The van der Waals surface area contributed by atoms with Crippen LogP contribution in [0.15, 0.2) is 12.2 Å². The molecular weight excluding hydrogens is 208 g/mol. The smallest absolute Gasteiger partial charge is 0.339 e. The van der Waals surface area contributed by atoms with Gasteiger partial charge in [0.1, 0.15) is 0 Å². The predicted molar refractivity (Wildman–Crippen MR) is 59.3 cm³/mol. The van der Waals surface area contributed by atoms with E-state index < -0.39 is 17.4 Å². The fourth-order valence-corrected chi connectivity index (χ4v) is 1.18. The Morgan fingerprint density at radius 1 is 1.25 bits per heavy atom. The highest BCUT2D eigenvalue weighted by Crippen LogP contribution is 2.23. The zero-order chi connectivity index (χ0) is 12.6. The van der Waals surface area contributed by atoms with Crippen LogP contribution >= 0.6 is 0 Å². The molecule has 88 valence electrons. The summed E-state index contributed by atoms with van der Waals surface area (Å²) in [6.45, 7) is 3.43. The molecule has 0 aromatic heterocycles. The van der Waals surface area contributed by atoms with Crippen molar-refractivity contribution in [3.05, 3.63) is 12.2 Å². The summed E-state index contributed by atoms with van der Waals surface area (Å²) in [5, 5.41) is 0. The van der Waals surface area contributed by atoms with Crippen LogP contribution in [0.1, 0.15) is 20.3 Å². The summed E-state index contributed by atoms with van der Waals surface area (Å²) in [5.41, 5.74) is -1.64. The molecule has 0 radical (unpaired) electrons. The van der Waals surface area contributed by atoms with Crippen molar-refractivity contribution in [2.24, 2.45) is 5.41 Å². The maximum atomic E-state index is 11.7. The molecule has 0 heterocycles. The Balaban J connectivity index is 5.54. The first-order valence-electron chi connectivity index (χ1n) is 4.87. The lowest BCUT2D eigenvalue weighted by atomic mass is 9.88. The Morgan fingerprint density at radius 3 is 2.06 bits per heavy atom. The van der Waals surface area contributed by atoms with Crippen LogP contribution in [-0.2, 0) is 19.1 Å². The molecule has 4 heteroatoms. The number of hydrogen-bond donors (Lipinski definition) is 0. The second kappa shape index (κ2) is 6.67. The van der Waals surface area contributed by atoms with Gasteiger partial charge in [-0.25, -0.2) is 9.59 Å². The first-order valence-corrected chi connectivity index (χ1v) is 4.87. The van der Waals surface area contributed by atoms with Crippen molar-refractivity contribution in [1.29, 1.82) is 0 Å². The average Bonchev–Trinajstić information content (AvgIpc) is 2.32. The molecule has 0 amide bonds. The standard InChI is InChI=1S/C12H16O4/c1-5-7-9-12(8-6-2,10(13)15-3)11(14)16-4/h7,9H,5H2,1-4H3. The van der Waals surface area contributed by atoms with Crippen molar-refractivity contribution in [2.45, 2.75) is 20.3 Å². The summed E-state index contributed by atoms with van der Waals surface area (Å²) in [5.74, 6) is 3.62. The van der Waals surface area contributed by atoms with E-state index in [1.807, 2.05) is 6.92 Å². The summed E-state index contributed by atoms with van der Waals surface area (Å²) in [7, 11) is 2.41. The number of methoxy groups -OCH3 is 2. The van der Waals surface area contributed by atoms with Crippen molar-refractivity contribution >= 4 is 11.9 Å². The van der Waals surface area contributed by atoms with Crippen LogP contribution in [0, 0.1) is 17.3 Å². The van der Waals surface area contributed by atoms with Gasteiger partial charge in [-0.05, 0) is 19.4 Å². The molecule has 4 nitrogen and oxygen atoms in total. The van der Waals surface area contributed by atoms with Crippen LogP contribution in [0.4, 0.5) is 0 Å². The van der Waals surface area contributed by atoms with E-state index in [9.17, 15) is 9.59 Å². The maximum absolute atomic E-state index is 11.7. The van der Waals surface area contributed by atoms with E-state index in [1.165, 1.54) is 20.3 Å². The van der Waals surface area contributed by atoms with Gasteiger partial charge in [-0.15, -0.1) is 5.92 Å². The van der Waals surface area contributed by atoms with E-state index in [1.54, 1.807) is 13.0 Å². The predicted octanol–water partition coefficient (Wildman–Crippen LogP) is 1.31. The third kappa shape index (κ3) is 2.86. The molecule has 0 unspecified atom stereocenters. The van der Waals surface area contributed by atoms with E-state index >= 15 is 0 Å². The molecule has 0 aromatic carbocycles. The van der Waals surface area contributed by atoms with Gasteiger partial charge in [0, 0.05) is 0 Å². The SMILES string of the molecule is CC#CC(C=CCC)(C(=O)OC)C(=O)OC. The molecule has 0 N–H and O–H groups in total. The largest absolute Gasteiger partial charge is 0.467 e. The van der Waals surface area contributed by atoms with Crippen molar-refractivity contribution < 1.29 is 19.1 Å². The van der Waals surface area contributed by atoms with Crippen LogP contribution in [0.25, 0.3) is 0 Å². The molecular formula is C12H16O4. The van der Waals surface area contributed by atoms with Gasteiger partial charge in [-0.2, -0.15) is 0 Å². The van der Waals surface area contributed by atoms with Gasteiger partial charge in [-0.3, -0.25) is 0 Å². The van der Waals surface area contributed by atoms with Gasteiger partial charge < -0.3 is 9.47 Å². The van der Waals surface area contributed by atoms with E-state index in [4.69, 9.17) is 0 Å². The van der Waals surface area contributed by atoms with Gasteiger partial charge in [0.2, 0.25) is 5.41 Å². The molecule has 0 aromatic rings. The molecule has 0 aliphatic heterocycles. The molecule has 0 saturated carbocycles. The van der Waals surface area contributed by atoms with E-state index in [2.05, 4.69) is 21.3 Å². The van der Waals surface area contributed by atoms with Crippen molar-refractivity contribution in [3.8, 4) is 11.8 Å². The first-order chi connectivity index (χ1) is 7.58. The number of ether oxygens (including phenoxy) is 2. The molecule has 0 bridgehead atoms. The minimum absolute atomic E-state index is 0.682. The van der Waals surface area contributed by atoms with Crippen LogP contribution in [0.3, 0.4) is 0 Å². The van der Waals surface area contributed by atoms with Crippen LogP contribution in [-0.4, -0.2) is 26.2 Å². The van der Waals surface area contributed by atoms with E-state index in [0.717, 1.165) is 0 Å². The second-order valence-corrected chi connectivity index (χ2v) is 2.98. The topological polar surface area (TPSA) is 52.6 Å². The van der Waals surface area contributed by atoms with Crippen molar-refractivity contribution in [2.75, 3.05) is 14.2 Å². The summed E-state index contributed by atoms with van der Waals surface area (Å²) >= 11 is 0. The van der Waals surface area contributed by atoms with Crippen molar-refractivity contribution in [3.63, 3.8) is 0 Å². The Bertz CT molecular complexity index is 328. The zero-order valence-corrected chi connectivity index (χ0v) is 9.99. The zero-order valence-electron chi connectivity index (χ0n) is 9.99. The van der Waals surface area contributed by atoms with Gasteiger partial charge in [0.25, 0.3) is 0 Å².